The van der Waals surface area contributed by atoms with Crippen LogP contribution in [-0.2, 0) is 13.8 Å². The molecule has 1 aliphatic carbocycles. The standard InChI is InChI=1S/C23H19BrClNO4S/c1-14(16-11-10-15(12-22(16)24)31(25,28)29)26-23(27)30-13-21-19-8-4-2-6-17(19)18-7-3-5-9-20(18)21/h2-12,14,21H,13H2,1H3,(H,26,27)/t14-/m1/s1. The number of alkyl carbamates (subject to hydrolysis) is 1. The normalized spacial score (nSPS) is 13.9. The van der Waals surface area contributed by atoms with Gasteiger partial charge in [-0.25, -0.2) is 13.2 Å². The van der Waals surface area contributed by atoms with Gasteiger partial charge < -0.3 is 10.1 Å². The molecule has 0 aromatic heterocycles. The second-order valence-electron chi connectivity index (χ2n) is 7.31. The van der Waals surface area contributed by atoms with Gasteiger partial charge in [-0.1, -0.05) is 70.5 Å². The smallest absolute Gasteiger partial charge is 0.407 e. The minimum atomic E-state index is -3.83. The molecule has 0 saturated carbocycles. The van der Waals surface area contributed by atoms with Crippen LogP contribution in [-0.4, -0.2) is 21.1 Å². The van der Waals surface area contributed by atoms with Crippen LogP contribution < -0.4 is 5.32 Å². The average molecular weight is 521 g/mol. The molecule has 0 unspecified atom stereocenters. The van der Waals surface area contributed by atoms with E-state index in [1.54, 1.807) is 13.0 Å². The van der Waals surface area contributed by atoms with Crippen molar-refractivity contribution in [1.29, 1.82) is 0 Å². The molecular weight excluding hydrogens is 502 g/mol. The summed E-state index contributed by atoms with van der Waals surface area (Å²) in [7, 11) is 1.56. The molecule has 4 rings (SSSR count). The highest BCUT2D eigenvalue weighted by Crippen LogP contribution is 2.44. The largest absolute Gasteiger partial charge is 0.449 e. The second-order valence-corrected chi connectivity index (χ2v) is 10.7. The molecular formula is C23H19BrClNO4S. The lowest BCUT2D eigenvalue weighted by atomic mass is 9.98. The van der Waals surface area contributed by atoms with E-state index in [4.69, 9.17) is 15.4 Å². The van der Waals surface area contributed by atoms with Crippen LogP contribution in [0.3, 0.4) is 0 Å². The lowest BCUT2D eigenvalue weighted by Gasteiger charge is -2.18. The molecule has 160 valence electrons. The molecule has 1 amide bonds. The molecule has 0 fully saturated rings. The van der Waals surface area contributed by atoms with Gasteiger partial charge in [0.1, 0.15) is 6.61 Å². The van der Waals surface area contributed by atoms with Gasteiger partial charge in [0, 0.05) is 21.1 Å². The van der Waals surface area contributed by atoms with Crippen LogP contribution in [0.25, 0.3) is 11.1 Å². The maximum absolute atomic E-state index is 12.5. The maximum atomic E-state index is 12.5. The summed E-state index contributed by atoms with van der Waals surface area (Å²) in [5.74, 6) is -0.0200. The van der Waals surface area contributed by atoms with E-state index in [9.17, 15) is 13.2 Å². The fourth-order valence-corrected chi connectivity index (χ4v) is 5.56. The molecule has 8 heteroatoms. The quantitative estimate of drug-likeness (QED) is 0.420. The van der Waals surface area contributed by atoms with Crippen molar-refractivity contribution in [2.75, 3.05) is 6.61 Å². The molecule has 1 N–H and O–H groups in total. The maximum Gasteiger partial charge on any atom is 0.407 e. The molecule has 3 aromatic carbocycles. The summed E-state index contributed by atoms with van der Waals surface area (Å²) >= 11 is 3.34. The highest BCUT2D eigenvalue weighted by Gasteiger charge is 2.29. The van der Waals surface area contributed by atoms with Crippen LogP contribution >= 0.6 is 26.6 Å². The number of carbonyl (C=O) groups is 1. The zero-order valence-corrected chi connectivity index (χ0v) is 19.7. The predicted octanol–water partition coefficient (Wildman–Crippen LogP) is 5.98. The zero-order valence-electron chi connectivity index (χ0n) is 16.5. The third kappa shape index (κ3) is 4.49. The number of hydrogen-bond acceptors (Lipinski definition) is 4. The molecule has 0 heterocycles. The van der Waals surface area contributed by atoms with Gasteiger partial charge in [0.2, 0.25) is 0 Å². The number of hydrogen-bond donors (Lipinski definition) is 1. The van der Waals surface area contributed by atoms with Crippen molar-refractivity contribution >= 4 is 41.8 Å². The van der Waals surface area contributed by atoms with Crippen molar-refractivity contribution < 1.29 is 17.9 Å². The first-order chi connectivity index (χ1) is 14.8. The van der Waals surface area contributed by atoms with Gasteiger partial charge in [-0.2, -0.15) is 0 Å². The Balaban J connectivity index is 1.44. The number of amides is 1. The summed E-state index contributed by atoms with van der Waals surface area (Å²) in [5, 5.41) is 2.79. The van der Waals surface area contributed by atoms with E-state index < -0.39 is 21.2 Å². The number of nitrogens with one attached hydrogen (secondary N) is 1. The lowest BCUT2D eigenvalue weighted by molar-refractivity contribution is 0.139. The third-order valence-electron chi connectivity index (χ3n) is 5.40. The number of halogens is 2. The Labute approximate surface area is 193 Å². The lowest BCUT2D eigenvalue weighted by Crippen LogP contribution is -2.29. The van der Waals surface area contributed by atoms with Gasteiger partial charge in [0.25, 0.3) is 9.05 Å². The van der Waals surface area contributed by atoms with E-state index in [0.29, 0.717) is 10.0 Å². The van der Waals surface area contributed by atoms with Gasteiger partial charge in [0.15, 0.2) is 0 Å². The number of carbonyl (C=O) groups excluding carboxylic acids is 1. The Morgan fingerprint density at radius 1 is 1.06 bits per heavy atom. The minimum absolute atomic E-state index is 0.0156. The molecule has 1 aliphatic rings. The summed E-state index contributed by atoms with van der Waals surface area (Å²) in [6, 6.07) is 20.3. The molecule has 0 bridgehead atoms. The Hall–Kier alpha value is -2.35. The molecule has 5 nitrogen and oxygen atoms in total. The van der Waals surface area contributed by atoms with E-state index >= 15 is 0 Å². The summed E-state index contributed by atoms with van der Waals surface area (Å²) < 4.78 is 29.1. The molecule has 31 heavy (non-hydrogen) atoms. The van der Waals surface area contributed by atoms with Crippen LogP contribution in [0.4, 0.5) is 4.79 Å². The van der Waals surface area contributed by atoms with E-state index in [1.807, 2.05) is 24.3 Å². The Morgan fingerprint density at radius 3 is 2.19 bits per heavy atom. The van der Waals surface area contributed by atoms with Crippen molar-refractivity contribution in [2.45, 2.75) is 23.8 Å². The Morgan fingerprint density at radius 2 is 1.65 bits per heavy atom. The van der Waals surface area contributed by atoms with E-state index in [1.165, 1.54) is 23.3 Å². The summed E-state index contributed by atoms with van der Waals surface area (Å²) in [6.07, 6.45) is -0.546. The second kappa shape index (κ2) is 8.65. The Bertz CT molecular complexity index is 1220. The van der Waals surface area contributed by atoms with Crippen molar-refractivity contribution in [1.82, 2.24) is 5.32 Å². The molecule has 3 aromatic rings. The fourth-order valence-electron chi connectivity index (χ4n) is 3.91. The SMILES string of the molecule is C[C@@H](NC(=O)OCC1c2ccccc2-c2ccccc21)c1ccc(S(=O)(=O)Cl)cc1Br. The van der Waals surface area contributed by atoms with Crippen LogP contribution in [0.15, 0.2) is 76.1 Å². The first-order valence-corrected chi connectivity index (χ1v) is 12.7. The van der Waals surface area contributed by atoms with Gasteiger partial charge >= 0.3 is 6.09 Å². The summed E-state index contributed by atoms with van der Waals surface area (Å²) in [4.78, 5) is 12.5. The molecule has 0 saturated heterocycles. The van der Waals surface area contributed by atoms with E-state index in [2.05, 4.69) is 45.5 Å². The zero-order chi connectivity index (χ0) is 22.2. The van der Waals surface area contributed by atoms with Crippen LogP contribution in [0, 0.1) is 0 Å². The van der Waals surface area contributed by atoms with Crippen LogP contribution in [0.1, 0.15) is 35.6 Å². The van der Waals surface area contributed by atoms with Gasteiger partial charge in [-0.3, -0.25) is 0 Å². The van der Waals surface area contributed by atoms with Crippen molar-refractivity contribution in [2.24, 2.45) is 0 Å². The van der Waals surface area contributed by atoms with Crippen LogP contribution in [0.2, 0.25) is 0 Å². The summed E-state index contributed by atoms with van der Waals surface area (Å²) in [6.45, 7) is 2.01. The van der Waals surface area contributed by atoms with E-state index in [0.717, 1.165) is 11.1 Å². The topological polar surface area (TPSA) is 72.5 Å². The number of ether oxygens (including phenoxy) is 1. The van der Waals surface area contributed by atoms with Gasteiger partial charge in [-0.15, -0.1) is 0 Å². The highest BCUT2D eigenvalue weighted by atomic mass is 79.9. The summed E-state index contributed by atoms with van der Waals surface area (Å²) in [5.41, 5.74) is 5.32. The average Bonchev–Trinajstić information content (AvgIpc) is 3.05. The molecule has 0 radical (unpaired) electrons. The predicted molar refractivity (Wildman–Crippen MR) is 124 cm³/mol. The van der Waals surface area contributed by atoms with Crippen molar-refractivity contribution in [3.63, 3.8) is 0 Å². The Kier molecular flexibility index (Phi) is 6.10. The monoisotopic (exact) mass is 519 g/mol. The van der Waals surface area contributed by atoms with Crippen molar-refractivity contribution in [3.05, 3.63) is 87.9 Å². The van der Waals surface area contributed by atoms with E-state index in [-0.39, 0.29) is 17.4 Å². The first-order valence-electron chi connectivity index (χ1n) is 9.61. The van der Waals surface area contributed by atoms with Gasteiger partial charge in [0.05, 0.1) is 10.9 Å². The van der Waals surface area contributed by atoms with Crippen molar-refractivity contribution in [3.8, 4) is 11.1 Å². The number of benzene rings is 3. The van der Waals surface area contributed by atoms with Gasteiger partial charge in [-0.05, 0) is 46.9 Å². The number of fused-ring (bicyclic) bond motifs is 3. The fraction of sp³-hybridized carbons (Fsp3) is 0.174. The highest BCUT2D eigenvalue weighted by molar-refractivity contribution is 9.10. The van der Waals surface area contributed by atoms with Crippen LogP contribution in [0.5, 0.6) is 0 Å². The third-order valence-corrected chi connectivity index (χ3v) is 7.44. The first kappa shape index (κ1) is 21.9. The minimum Gasteiger partial charge on any atom is -0.449 e. The molecule has 0 spiro atoms. The molecule has 0 aliphatic heterocycles. The molecule has 1 atom stereocenters. The number of rotatable bonds is 5.